The van der Waals surface area contributed by atoms with Crippen molar-refractivity contribution in [2.24, 2.45) is 5.92 Å². The van der Waals surface area contributed by atoms with E-state index in [1.165, 1.54) is 6.42 Å². The summed E-state index contributed by atoms with van der Waals surface area (Å²) in [7, 11) is 0. The standard InChI is InChI=1S/C15H19ClN2O/c16-13-7-4-8-14(9-13)18-15(19)11-17-10-12-5-2-1-3-6-12/h1-2,4,7-9,12,17H,3,5-6,10-11H2,(H,18,19). The summed E-state index contributed by atoms with van der Waals surface area (Å²) in [5.41, 5.74) is 0.736. The van der Waals surface area contributed by atoms with E-state index >= 15 is 0 Å². The number of carbonyl (C=O) groups excluding carboxylic acids is 1. The Morgan fingerprint density at radius 3 is 3.00 bits per heavy atom. The van der Waals surface area contributed by atoms with E-state index in [0.717, 1.165) is 25.1 Å². The molecule has 0 saturated heterocycles. The lowest BCUT2D eigenvalue weighted by Crippen LogP contribution is -2.32. The van der Waals surface area contributed by atoms with E-state index in [1.807, 2.05) is 12.1 Å². The Labute approximate surface area is 119 Å². The first-order valence-electron chi connectivity index (χ1n) is 6.65. The Morgan fingerprint density at radius 1 is 1.37 bits per heavy atom. The van der Waals surface area contributed by atoms with E-state index in [9.17, 15) is 4.79 Å². The monoisotopic (exact) mass is 278 g/mol. The number of nitrogens with one attached hydrogen (secondary N) is 2. The van der Waals surface area contributed by atoms with Crippen LogP contribution in [-0.2, 0) is 4.79 Å². The highest BCUT2D eigenvalue weighted by molar-refractivity contribution is 6.30. The van der Waals surface area contributed by atoms with Gasteiger partial charge in [0, 0.05) is 10.7 Å². The third-order valence-corrected chi connectivity index (χ3v) is 3.44. The van der Waals surface area contributed by atoms with Gasteiger partial charge in [-0.2, -0.15) is 0 Å². The van der Waals surface area contributed by atoms with Crippen LogP contribution in [0, 0.1) is 5.92 Å². The van der Waals surface area contributed by atoms with Crippen LogP contribution >= 0.6 is 11.6 Å². The molecule has 1 aromatic rings. The molecule has 2 N–H and O–H groups in total. The molecule has 1 aliphatic rings. The highest BCUT2D eigenvalue weighted by Crippen LogP contribution is 2.17. The van der Waals surface area contributed by atoms with E-state index in [-0.39, 0.29) is 5.91 Å². The summed E-state index contributed by atoms with van der Waals surface area (Å²) in [5.74, 6) is 0.623. The van der Waals surface area contributed by atoms with Crippen LogP contribution < -0.4 is 10.6 Å². The van der Waals surface area contributed by atoms with Crippen LogP contribution in [0.2, 0.25) is 5.02 Å². The van der Waals surface area contributed by atoms with Gasteiger partial charge in [0.15, 0.2) is 0 Å². The zero-order valence-electron chi connectivity index (χ0n) is 10.9. The average Bonchev–Trinajstić information content (AvgIpc) is 2.40. The predicted octanol–water partition coefficient (Wildman–Crippen LogP) is 3.22. The fraction of sp³-hybridized carbons (Fsp3) is 0.400. The number of rotatable bonds is 5. The third-order valence-electron chi connectivity index (χ3n) is 3.20. The van der Waals surface area contributed by atoms with Gasteiger partial charge in [-0.15, -0.1) is 0 Å². The second-order valence-electron chi connectivity index (χ2n) is 4.84. The van der Waals surface area contributed by atoms with Crippen molar-refractivity contribution in [2.45, 2.75) is 19.3 Å². The Balaban J connectivity index is 1.68. The maximum Gasteiger partial charge on any atom is 0.238 e. The van der Waals surface area contributed by atoms with E-state index in [4.69, 9.17) is 11.6 Å². The minimum absolute atomic E-state index is 0.0337. The fourth-order valence-corrected chi connectivity index (χ4v) is 2.39. The molecule has 1 aromatic carbocycles. The van der Waals surface area contributed by atoms with E-state index in [0.29, 0.717) is 17.5 Å². The van der Waals surface area contributed by atoms with Crippen molar-refractivity contribution in [3.8, 4) is 0 Å². The lowest BCUT2D eigenvalue weighted by molar-refractivity contribution is -0.115. The highest BCUT2D eigenvalue weighted by Gasteiger charge is 2.10. The Morgan fingerprint density at radius 2 is 2.26 bits per heavy atom. The Kier molecular flexibility index (Phi) is 5.43. The Bertz CT molecular complexity index is 459. The molecular formula is C15H19ClN2O. The van der Waals surface area contributed by atoms with Crippen molar-refractivity contribution >= 4 is 23.2 Å². The normalized spacial score (nSPS) is 18.3. The molecular weight excluding hydrogens is 260 g/mol. The summed E-state index contributed by atoms with van der Waals surface area (Å²) in [4.78, 5) is 11.7. The number of anilines is 1. The van der Waals surface area contributed by atoms with Crippen LogP contribution in [0.4, 0.5) is 5.69 Å². The zero-order chi connectivity index (χ0) is 13.5. The largest absolute Gasteiger partial charge is 0.325 e. The Hall–Kier alpha value is -1.32. The number of benzene rings is 1. The number of halogens is 1. The molecule has 0 spiro atoms. The second-order valence-corrected chi connectivity index (χ2v) is 5.28. The summed E-state index contributed by atoms with van der Waals surface area (Å²) >= 11 is 5.86. The SMILES string of the molecule is O=C(CNCC1CC=CCC1)Nc1cccc(Cl)c1. The second kappa shape index (κ2) is 7.31. The van der Waals surface area contributed by atoms with Crippen molar-refractivity contribution in [1.29, 1.82) is 0 Å². The number of hydrogen-bond donors (Lipinski definition) is 2. The molecule has 1 amide bonds. The van der Waals surface area contributed by atoms with Gasteiger partial charge >= 0.3 is 0 Å². The summed E-state index contributed by atoms with van der Waals surface area (Å²) in [6, 6.07) is 7.17. The van der Waals surface area contributed by atoms with Crippen molar-refractivity contribution in [2.75, 3.05) is 18.4 Å². The molecule has 0 aliphatic heterocycles. The first-order chi connectivity index (χ1) is 9.24. The van der Waals surface area contributed by atoms with Crippen LogP contribution in [0.1, 0.15) is 19.3 Å². The predicted molar refractivity (Wildman–Crippen MR) is 79.4 cm³/mol. The molecule has 102 valence electrons. The van der Waals surface area contributed by atoms with E-state index in [2.05, 4.69) is 22.8 Å². The molecule has 0 saturated carbocycles. The topological polar surface area (TPSA) is 41.1 Å². The molecule has 19 heavy (non-hydrogen) atoms. The molecule has 0 bridgehead atoms. The molecule has 3 nitrogen and oxygen atoms in total. The fourth-order valence-electron chi connectivity index (χ4n) is 2.20. The van der Waals surface area contributed by atoms with Crippen molar-refractivity contribution in [3.05, 3.63) is 41.4 Å². The minimum atomic E-state index is -0.0337. The van der Waals surface area contributed by atoms with Crippen LogP contribution in [0.15, 0.2) is 36.4 Å². The molecule has 1 unspecified atom stereocenters. The van der Waals surface area contributed by atoms with Gasteiger partial charge in [-0.3, -0.25) is 4.79 Å². The van der Waals surface area contributed by atoms with Crippen molar-refractivity contribution in [3.63, 3.8) is 0 Å². The van der Waals surface area contributed by atoms with Gasteiger partial charge < -0.3 is 10.6 Å². The van der Waals surface area contributed by atoms with Gasteiger partial charge in [0.2, 0.25) is 5.91 Å². The molecule has 0 heterocycles. The number of carbonyl (C=O) groups is 1. The van der Waals surface area contributed by atoms with E-state index < -0.39 is 0 Å². The maximum absolute atomic E-state index is 11.7. The summed E-state index contributed by atoms with van der Waals surface area (Å²) in [6.07, 6.45) is 7.92. The molecule has 4 heteroatoms. The zero-order valence-corrected chi connectivity index (χ0v) is 11.6. The van der Waals surface area contributed by atoms with Crippen molar-refractivity contribution < 1.29 is 4.79 Å². The lowest BCUT2D eigenvalue weighted by Gasteiger charge is -2.17. The molecule has 1 aliphatic carbocycles. The summed E-state index contributed by atoms with van der Waals surface area (Å²) in [5, 5.41) is 6.66. The highest BCUT2D eigenvalue weighted by atomic mass is 35.5. The lowest BCUT2D eigenvalue weighted by atomic mass is 9.94. The smallest absolute Gasteiger partial charge is 0.238 e. The number of allylic oxidation sites excluding steroid dienone is 2. The van der Waals surface area contributed by atoms with Crippen LogP contribution in [0.5, 0.6) is 0 Å². The van der Waals surface area contributed by atoms with E-state index in [1.54, 1.807) is 12.1 Å². The molecule has 2 rings (SSSR count). The van der Waals surface area contributed by atoms with Gasteiger partial charge in [0.05, 0.1) is 6.54 Å². The van der Waals surface area contributed by atoms with Gasteiger partial charge in [0.25, 0.3) is 0 Å². The van der Waals surface area contributed by atoms with Gasteiger partial charge in [-0.1, -0.05) is 29.8 Å². The minimum Gasteiger partial charge on any atom is -0.325 e. The first-order valence-corrected chi connectivity index (χ1v) is 7.03. The maximum atomic E-state index is 11.7. The number of amides is 1. The quantitative estimate of drug-likeness (QED) is 0.812. The van der Waals surface area contributed by atoms with Gasteiger partial charge in [-0.25, -0.2) is 0 Å². The number of hydrogen-bond acceptors (Lipinski definition) is 2. The molecule has 0 radical (unpaired) electrons. The van der Waals surface area contributed by atoms with Gasteiger partial charge in [-0.05, 0) is 49.9 Å². The molecule has 0 aromatic heterocycles. The van der Waals surface area contributed by atoms with Crippen LogP contribution in [0.3, 0.4) is 0 Å². The average molecular weight is 279 g/mol. The van der Waals surface area contributed by atoms with Crippen molar-refractivity contribution in [1.82, 2.24) is 5.32 Å². The van der Waals surface area contributed by atoms with Crippen LogP contribution in [0.25, 0.3) is 0 Å². The summed E-state index contributed by atoms with van der Waals surface area (Å²) < 4.78 is 0. The summed E-state index contributed by atoms with van der Waals surface area (Å²) in [6.45, 7) is 1.24. The molecule has 0 fully saturated rings. The third kappa shape index (κ3) is 5.05. The molecule has 1 atom stereocenters. The first kappa shape index (κ1) is 14.1. The van der Waals surface area contributed by atoms with Gasteiger partial charge in [0.1, 0.15) is 0 Å². The van der Waals surface area contributed by atoms with Crippen LogP contribution in [-0.4, -0.2) is 19.0 Å².